The highest BCUT2D eigenvalue weighted by atomic mass is 32.2. The molecule has 102 valence electrons. The number of aryl methyl sites for hydroxylation is 1. The molecule has 18 heavy (non-hydrogen) atoms. The Balaban J connectivity index is 3.23. The summed E-state index contributed by atoms with van der Waals surface area (Å²) in [6.07, 6.45) is 0.786. The van der Waals surface area contributed by atoms with Crippen molar-refractivity contribution in [2.45, 2.75) is 45.1 Å². The first-order valence-electron chi connectivity index (χ1n) is 6.22. The number of nitrogens with two attached hydrogens (primary N) is 1. The number of anilines is 1. The van der Waals surface area contributed by atoms with Gasteiger partial charge in [0.15, 0.2) is 0 Å². The van der Waals surface area contributed by atoms with E-state index in [-0.39, 0.29) is 10.9 Å². The Morgan fingerprint density at radius 1 is 1.33 bits per heavy atom. The van der Waals surface area contributed by atoms with Gasteiger partial charge >= 0.3 is 0 Å². The van der Waals surface area contributed by atoms with Crippen LogP contribution in [0.25, 0.3) is 0 Å². The van der Waals surface area contributed by atoms with Gasteiger partial charge in [-0.2, -0.15) is 4.31 Å². The topological polar surface area (TPSA) is 63.4 Å². The first-order chi connectivity index (χ1) is 8.34. The largest absolute Gasteiger partial charge is 0.398 e. The molecule has 0 saturated heterocycles. The van der Waals surface area contributed by atoms with E-state index in [1.807, 2.05) is 27.7 Å². The third kappa shape index (κ3) is 2.84. The summed E-state index contributed by atoms with van der Waals surface area (Å²) in [6.45, 7) is 8.06. The lowest BCUT2D eigenvalue weighted by Gasteiger charge is -2.26. The lowest BCUT2D eigenvalue weighted by Crippen LogP contribution is -2.38. The zero-order chi connectivity index (χ0) is 13.9. The van der Waals surface area contributed by atoms with E-state index in [4.69, 9.17) is 5.73 Å². The molecule has 1 rings (SSSR count). The van der Waals surface area contributed by atoms with E-state index in [9.17, 15) is 8.42 Å². The van der Waals surface area contributed by atoms with Crippen molar-refractivity contribution in [3.63, 3.8) is 0 Å². The van der Waals surface area contributed by atoms with Crippen LogP contribution >= 0.6 is 0 Å². The molecular weight excluding hydrogens is 248 g/mol. The Morgan fingerprint density at radius 2 is 1.94 bits per heavy atom. The Morgan fingerprint density at radius 3 is 2.39 bits per heavy atom. The van der Waals surface area contributed by atoms with E-state index in [2.05, 4.69) is 0 Å². The average Bonchev–Trinajstić information content (AvgIpc) is 2.32. The minimum atomic E-state index is -3.45. The second-order valence-electron chi connectivity index (χ2n) is 4.48. The monoisotopic (exact) mass is 270 g/mol. The maximum absolute atomic E-state index is 12.5. The molecule has 0 aromatic heterocycles. The van der Waals surface area contributed by atoms with Gasteiger partial charge in [-0.3, -0.25) is 0 Å². The van der Waals surface area contributed by atoms with Crippen LogP contribution in [-0.4, -0.2) is 25.3 Å². The Kier molecular flexibility index (Phi) is 4.76. The summed E-state index contributed by atoms with van der Waals surface area (Å²) in [7, 11) is -3.45. The molecule has 4 nitrogen and oxygen atoms in total. The smallest absolute Gasteiger partial charge is 0.243 e. The van der Waals surface area contributed by atoms with Crippen molar-refractivity contribution in [1.82, 2.24) is 4.31 Å². The van der Waals surface area contributed by atoms with Gasteiger partial charge in [-0.05, 0) is 38.0 Å². The molecule has 0 aliphatic carbocycles. The van der Waals surface area contributed by atoms with Crippen molar-refractivity contribution < 1.29 is 8.42 Å². The van der Waals surface area contributed by atoms with Gasteiger partial charge in [0.2, 0.25) is 10.0 Å². The molecule has 0 spiro atoms. The summed E-state index contributed by atoms with van der Waals surface area (Å²) in [4.78, 5) is 0.271. The van der Waals surface area contributed by atoms with Crippen molar-refractivity contribution in [3.8, 4) is 0 Å². The number of sulfonamides is 1. The van der Waals surface area contributed by atoms with Gasteiger partial charge in [0.1, 0.15) is 0 Å². The van der Waals surface area contributed by atoms with Crippen LogP contribution in [0.5, 0.6) is 0 Å². The highest BCUT2D eigenvalue weighted by molar-refractivity contribution is 7.89. The molecule has 1 aromatic rings. The van der Waals surface area contributed by atoms with Gasteiger partial charge in [0, 0.05) is 18.3 Å². The maximum Gasteiger partial charge on any atom is 0.243 e. The van der Waals surface area contributed by atoms with Gasteiger partial charge < -0.3 is 5.73 Å². The molecule has 2 N–H and O–H groups in total. The van der Waals surface area contributed by atoms with Crippen LogP contribution in [0.15, 0.2) is 23.1 Å². The highest BCUT2D eigenvalue weighted by Gasteiger charge is 2.26. The van der Waals surface area contributed by atoms with Crippen LogP contribution in [0, 0.1) is 6.92 Å². The van der Waals surface area contributed by atoms with E-state index in [0.29, 0.717) is 12.2 Å². The molecule has 0 fully saturated rings. The molecule has 1 aromatic carbocycles. The van der Waals surface area contributed by atoms with Crippen LogP contribution in [0.2, 0.25) is 0 Å². The van der Waals surface area contributed by atoms with E-state index in [1.54, 1.807) is 12.1 Å². The average molecular weight is 270 g/mol. The second kappa shape index (κ2) is 5.71. The van der Waals surface area contributed by atoms with E-state index < -0.39 is 10.0 Å². The summed E-state index contributed by atoms with van der Waals surface area (Å²) in [5, 5.41) is 0. The number of nitrogen functional groups attached to an aromatic ring is 1. The van der Waals surface area contributed by atoms with Crippen molar-refractivity contribution >= 4 is 15.7 Å². The highest BCUT2D eigenvalue weighted by Crippen LogP contribution is 2.22. The summed E-state index contributed by atoms with van der Waals surface area (Å²) in [5.41, 5.74) is 7.18. The van der Waals surface area contributed by atoms with Gasteiger partial charge in [0.05, 0.1) is 4.90 Å². The molecule has 0 bridgehead atoms. The fourth-order valence-corrected chi connectivity index (χ4v) is 3.59. The van der Waals surface area contributed by atoms with Crippen molar-refractivity contribution in [2.75, 3.05) is 12.3 Å². The standard InChI is InChI=1S/C13H22N2O2S/c1-5-11(4)15(6-2)18(16,17)12-8-7-10(3)13(14)9-12/h7-9,11H,5-6,14H2,1-4H3. The van der Waals surface area contributed by atoms with Crippen molar-refractivity contribution in [1.29, 1.82) is 0 Å². The predicted molar refractivity (Wildman–Crippen MR) is 74.9 cm³/mol. The van der Waals surface area contributed by atoms with E-state index in [0.717, 1.165) is 12.0 Å². The van der Waals surface area contributed by atoms with E-state index in [1.165, 1.54) is 10.4 Å². The quantitative estimate of drug-likeness (QED) is 0.836. The molecule has 0 aliphatic rings. The molecule has 0 heterocycles. The summed E-state index contributed by atoms with van der Waals surface area (Å²) in [5.74, 6) is 0. The molecule has 1 atom stereocenters. The van der Waals surface area contributed by atoms with Crippen LogP contribution in [0.3, 0.4) is 0 Å². The lowest BCUT2D eigenvalue weighted by atomic mass is 10.2. The Hall–Kier alpha value is -1.07. The van der Waals surface area contributed by atoms with Crippen LogP contribution in [-0.2, 0) is 10.0 Å². The summed E-state index contributed by atoms with van der Waals surface area (Å²) in [6, 6.07) is 4.89. The molecule has 1 unspecified atom stereocenters. The van der Waals surface area contributed by atoms with Gasteiger partial charge in [-0.15, -0.1) is 0 Å². The zero-order valence-corrected chi connectivity index (χ0v) is 12.3. The second-order valence-corrected chi connectivity index (χ2v) is 6.37. The zero-order valence-electron chi connectivity index (χ0n) is 11.5. The molecule has 0 saturated carbocycles. The van der Waals surface area contributed by atoms with Crippen LogP contribution in [0.1, 0.15) is 32.8 Å². The number of hydrogen-bond donors (Lipinski definition) is 1. The Bertz CT molecular complexity index is 512. The molecule has 0 amide bonds. The molecular formula is C13H22N2O2S. The fraction of sp³-hybridized carbons (Fsp3) is 0.538. The fourth-order valence-electron chi connectivity index (χ4n) is 1.84. The number of rotatable bonds is 5. The number of benzene rings is 1. The normalized spacial score (nSPS) is 13.8. The summed E-state index contributed by atoms with van der Waals surface area (Å²) >= 11 is 0. The SMILES string of the molecule is CCC(C)N(CC)S(=O)(=O)c1ccc(C)c(N)c1. The first kappa shape index (κ1) is 15.0. The molecule has 5 heteroatoms. The van der Waals surface area contributed by atoms with Gasteiger partial charge in [0.25, 0.3) is 0 Å². The van der Waals surface area contributed by atoms with Gasteiger partial charge in [-0.1, -0.05) is 19.9 Å². The van der Waals surface area contributed by atoms with Gasteiger partial charge in [-0.25, -0.2) is 8.42 Å². The third-order valence-corrected chi connectivity index (χ3v) is 5.34. The van der Waals surface area contributed by atoms with Crippen molar-refractivity contribution in [3.05, 3.63) is 23.8 Å². The van der Waals surface area contributed by atoms with Crippen LogP contribution < -0.4 is 5.73 Å². The number of hydrogen-bond acceptors (Lipinski definition) is 3. The lowest BCUT2D eigenvalue weighted by molar-refractivity contribution is 0.342. The minimum Gasteiger partial charge on any atom is -0.398 e. The van der Waals surface area contributed by atoms with Crippen molar-refractivity contribution in [2.24, 2.45) is 0 Å². The Labute approximate surface area is 110 Å². The number of nitrogens with zero attached hydrogens (tertiary/aromatic N) is 1. The van der Waals surface area contributed by atoms with E-state index >= 15 is 0 Å². The predicted octanol–water partition coefficient (Wildman–Crippen LogP) is 2.39. The molecule has 0 radical (unpaired) electrons. The first-order valence-corrected chi connectivity index (χ1v) is 7.66. The minimum absolute atomic E-state index is 0.0115. The van der Waals surface area contributed by atoms with Crippen LogP contribution in [0.4, 0.5) is 5.69 Å². The third-order valence-electron chi connectivity index (χ3n) is 3.25. The molecule has 0 aliphatic heterocycles. The summed E-state index contributed by atoms with van der Waals surface area (Å²) < 4.78 is 26.5. The maximum atomic E-state index is 12.5.